The number of aromatic nitrogens is 9. The van der Waals surface area contributed by atoms with Crippen molar-refractivity contribution in [2.24, 2.45) is 11.5 Å². The van der Waals surface area contributed by atoms with Gasteiger partial charge in [0.1, 0.15) is 28.2 Å². The third-order valence-electron chi connectivity index (χ3n) is 8.79. The number of allylic oxidation sites excluding steroid dienone is 2. The Balaban J connectivity index is 1.23. The number of fused-ring (bicyclic) bond motifs is 2. The number of pyridine rings is 1. The molecule has 5 heterocycles. The second-order valence-corrected chi connectivity index (χ2v) is 12.6. The van der Waals surface area contributed by atoms with Crippen molar-refractivity contribution < 1.29 is 23.9 Å². The molecule has 1 fully saturated rings. The van der Waals surface area contributed by atoms with Crippen LogP contribution in [0, 0.1) is 13.8 Å². The van der Waals surface area contributed by atoms with Gasteiger partial charge in [0.25, 0.3) is 11.8 Å². The molecule has 0 unspecified atom stereocenters. The number of imidazole rings is 2. The average molecular weight is 720 g/mol. The molecule has 5 aromatic heterocycles. The van der Waals surface area contributed by atoms with Gasteiger partial charge in [0.15, 0.2) is 5.65 Å². The number of methoxy groups -OCH3 is 1. The number of hydrogen-bond acceptors (Lipinski definition) is 10. The number of ether oxygens (including phenoxy) is 1. The van der Waals surface area contributed by atoms with Crippen molar-refractivity contribution in [1.82, 2.24) is 43.6 Å². The van der Waals surface area contributed by atoms with E-state index in [1.807, 2.05) is 26.0 Å². The first kappa shape index (κ1) is 34.6. The SMILES string of the molecule is CCn1nc(C)cc1C(=O)Nc1nc2cc(C(N)=O)cnc2n1CC=CCn1c(NC(=O)c2cc(C)nn2C2CC2)nc2cc(C(N)=O)cc(OC)c21. The second kappa shape index (κ2) is 13.7. The Kier molecular flexibility index (Phi) is 8.94. The molecule has 1 saturated carbocycles. The molecule has 1 aliphatic rings. The molecule has 0 spiro atoms. The molecule has 0 bridgehead atoms. The molecule has 0 aliphatic heterocycles. The van der Waals surface area contributed by atoms with E-state index in [1.165, 1.54) is 25.4 Å². The monoisotopic (exact) mass is 719 g/mol. The van der Waals surface area contributed by atoms with Gasteiger partial charge in [-0.1, -0.05) is 12.2 Å². The van der Waals surface area contributed by atoms with Crippen LogP contribution >= 0.6 is 0 Å². The minimum Gasteiger partial charge on any atom is -0.494 e. The van der Waals surface area contributed by atoms with Crippen LogP contribution in [0.5, 0.6) is 5.75 Å². The molecule has 0 atom stereocenters. The van der Waals surface area contributed by atoms with Crippen molar-refractivity contribution in [3.63, 3.8) is 0 Å². The fourth-order valence-corrected chi connectivity index (χ4v) is 6.16. The van der Waals surface area contributed by atoms with Gasteiger partial charge in [-0.2, -0.15) is 10.2 Å². The highest BCUT2D eigenvalue weighted by molar-refractivity contribution is 6.05. The number of nitrogens with zero attached hydrogens (tertiary/aromatic N) is 9. The minimum atomic E-state index is -0.664. The summed E-state index contributed by atoms with van der Waals surface area (Å²) in [4.78, 5) is 64.8. The lowest BCUT2D eigenvalue weighted by molar-refractivity contribution is 0.0991. The fourth-order valence-electron chi connectivity index (χ4n) is 6.16. The maximum atomic E-state index is 13.7. The van der Waals surface area contributed by atoms with E-state index in [2.05, 4.69) is 35.8 Å². The summed E-state index contributed by atoms with van der Waals surface area (Å²) < 4.78 is 12.4. The van der Waals surface area contributed by atoms with Crippen LogP contribution < -0.4 is 26.8 Å². The molecule has 7 rings (SSSR count). The quantitative estimate of drug-likeness (QED) is 0.127. The van der Waals surface area contributed by atoms with Gasteiger partial charge >= 0.3 is 0 Å². The van der Waals surface area contributed by atoms with E-state index in [-0.39, 0.29) is 42.2 Å². The molecule has 18 nitrogen and oxygen atoms in total. The summed E-state index contributed by atoms with van der Waals surface area (Å²) in [6.07, 6.45) is 6.90. The van der Waals surface area contributed by atoms with Crippen LogP contribution in [0.4, 0.5) is 11.9 Å². The average Bonchev–Trinajstić information content (AvgIpc) is 3.46. The topological polar surface area (TPSA) is 238 Å². The molecule has 0 saturated heterocycles. The molecular formula is C35H37N13O5. The highest BCUT2D eigenvalue weighted by Gasteiger charge is 2.30. The second-order valence-electron chi connectivity index (χ2n) is 12.6. The highest BCUT2D eigenvalue weighted by atomic mass is 16.5. The van der Waals surface area contributed by atoms with E-state index in [9.17, 15) is 19.2 Å². The third-order valence-corrected chi connectivity index (χ3v) is 8.79. The predicted molar refractivity (Wildman–Crippen MR) is 194 cm³/mol. The number of anilines is 2. The molecule has 6 N–H and O–H groups in total. The number of carbonyl (C=O) groups excluding carboxylic acids is 4. The van der Waals surface area contributed by atoms with Crippen LogP contribution in [0.3, 0.4) is 0 Å². The van der Waals surface area contributed by atoms with E-state index in [4.69, 9.17) is 16.2 Å². The Morgan fingerprint density at radius 2 is 1.43 bits per heavy atom. The number of aryl methyl sites for hydroxylation is 3. The van der Waals surface area contributed by atoms with Gasteiger partial charge in [-0.05, 0) is 63.9 Å². The largest absolute Gasteiger partial charge is 0.494 e. The lowest BCUT2D eigenvalue weighted by atomic mass is 10.1. The van der Waals surface area contributed by atoms with Gasteiger partial charge in [0, 0.05) is 31.4 Å². The van der Waals surface area contributed by atoms with E-state index in [1.54, 1.807) is 43.6 Å². The zero-order valence-corrected chi connectivity index (χ0v) is 29.5. The van der Waals surface area contributed by atoms with Crippen molar-refractivity contribution in [3.05, 3.63) is 82.6 Å². The Bertz CT molecular complexity index is 2480. The van der Waals surface area contributed by atoms with E-state index in [0.717, 1.165) is 18.5 Å². The number of benzene rings is 1. The maximum Gasteiger partial charge on any atom is 0.276 e. The number of nitrogens with two attached hydrogens (primary N) is 2. The van der Waals surface area contributed by atoms with Crippen LogP contribution in [0.15, 0.2) is 48.7 Å². The molecule has 1 aromatic carbocycles. The summed E-state index contributed by atoms with van der Waals surface area (Å²) in [5, 5.41) is 14.7. The van der Waals surface area contributed by atoms with Crippen LogP contribution in [-0.2, 0) is 19.6 Å². The van der Waals surface area contributed by atoms with E-state index < -0.39 is 23.6 Å². The number of primary amides is 2. The maximum absolute atomic E-state index is 13.7. The summed E-state index contributed by atoms with van der Waals surface area (Å²) in [6.45, 7) is 6.40. The standard InChI is InChI=1S/C35H37N13O5/c1-5-47-25(12-18(2)43-47)32(51)41-35-40-24-15-21(30(37)50)17-38-31(24)46(35)11-7-6-10-45-28-23(14-20(29(36)49)16-27(28)53-4)39-34(45)42-33(52)26-13-19(3)44-48(26)22-8-9-22/h6-7,12-17,22H,5,8-11H2,1-4H3,(H2,36,49)(H2,37,50)(H,39,42,52)(H,40,41,51). The minimum absolute atomic E-state index is 0.167. The number of carbonyl (C=O) groups is 4. The van der Waals surface area contributed by atoms with Crippen LogP contribution in [0.25, 0.3) is 22.2 Å². The Labute approximate surface area is 301 Å². The first-order chi connectivity index (χ1) is 25.4. The molecule has 4 amide bonds. The Hall–Kier alpha value is -6.85. The Morgan fingerprint density at radius 1 is 0.830 bits per heavy atom. The molecule has 1 aliphatic carbocycles. The van der Waals surface area contributed by atoms with Crippen molar-refractivity contribution in [1.29, 1.82) is 0 Å². The summed E-state index contributed by atoms with van der Waals surface area (Å²) in [7, 11) is 1.47. The molecule has 0 radical (unpaired) electrons. The first-order valence-electron chi connectivity index (χ1n) is 16.9. The predicted octanol–water partition coefficient (Wildman–Crippen LogP) is 3.11. The number of hydrogen-bond donors (Lipinski definition) is 4. The van der Waals surface area contributed by atoms with E-state index in [0.29, 0.717) is 51.6 Å². The number of amides is 4. The lowest BCUT2D eigenvalue weighted by Gasteiger charge is -2.12. The molecule has 18 heteroatoms. The summed E-state index contributed by atoms with van der Waals surface area (Å²) >= 11 is 0. The van der Waals surface area contributed by atoms with Gasteiger partial charge in [0.2, 0.25) is 23.7 Å². The summed E-state index contributed by atoms with van der Waals surface area (Å²) in [6, 6.07) is 8.16. The van der Waals surface area contributed by atoms with Crippen LogP contribution in [0.1, 0.15) is 78.9 Å². The van der Waals surface area contributed by atoms with E-state index >= 15 is 0 Å². The summed E-state index contributed by atoms with van der Waals surface area (Å²) in [5.41, 5.74) is 15.3. The highest BCUT2D eigenvalue weighted by Crippen LogP contribution is 2.36. The fraction of sp³-hybridized carbons (Fsp3) is 0.286. The van der Waals surface area contributed by atoms with Gasteiger partial charge in [-0.15, -0.1) is 0 Å². The first-order valence-corrected chi connectivity index (χ1v) is 16.9. The van der Waals surface area contributed by atoms with Crippen LogP contribution in [0.2, 0.25) is 0 Å². The zero-order chi connectivity index (χ0) is 37.6. The number of rotatable bonds is 13. The number of nitrogens with one attached hydrogen (secondary N) is 2. The lowest BCUT2D eigenvalue weighted by Crippen LogP contribution is -2.20. The normalized spacial score (nSPS) is 12.9. The van der Waals surface area contributed by atoms with Gasteiger partial charge in [0.05, 0.1) is 35.6 Å². The smallest absolute Gasteiger partial charge is 0.276 e. The van der Waals surface area contributed by atoms with Gasteiger partial charge < -0.3 is 20.8 Å². The van der Waals surface area contributed by atoms with Crippen LogP contribution in [-0.4, -0.2) is 74.4 Å². The Morgan fingerprint density at radius 3 is 2.09 bits per heavy atom. The molecule has 272 valence electrons. The van der Waals surface area contributed by atoms with Crippen molar-refractivity contribution >= 4 is 57.7 Å². The molecule has 53 heavy (non-hydrogen) atoms. The van der Waals surface area contributed by atoms with Gasteiger partial charge in [-0.25, -0.2) is 15.0 Å². The summed E-state index contributed by atoms with van der Waals surface area (Å²) in [5.74, 6) is -1.40. The van der Waals surface area contributed by atoms with Crippen molar-refractivity contribution in [2.45, 2.75) is 59.3 Å². The van der Waals surface area contributed by atoms with Gasteiger partial charge in [-0.3, -0.25) is 43.7 Å². The van der Waals surface area contributed by atoms with Crippen molar-refractivity contribution in [2.75, 3.05) is 17.7 Å². The molecule has 6 aromatic rings. The van der Waals surface area contributed by atoms with Crippen molar-refractivity contribution in [3.8, 4) is 5.75 Å². The molecular weight excluding hydrogens is 682 g/mol. The third kappa shape index (κ3) is 6.68. The zero-order valence-electron chi connectivity index (χ0n) is 29.5.